The predicted molar refractivity (Wildman–Crippen MR) is 95.6 cm³/mol. The van der Waals surface area contributed by atoms with Crippen molar-refractivity contribution in [3.05, 3.63) is 78.9 Å². The molecule has 0 radical (unpaired) electrons. The Hall–Kier alpha value is -3.03. The van der Waals surface area contributed by atoms with Crippen LogP contribution in [-0.4, -0.2) is 13.6 Å². The zero-order valence-corrected chi connectivity index (χ0v) is 13.9. The van der Waals surface area contributed by atoms with Gasteiger partial charge in [0.05, 0.1) is 16.3 Å². The summed E-state index contributed by atoms with van der Waals surface area (Å²) in [6, 6.07) is 21.6. The lowest BCUT2D eigenvalue weighted by Gasteiger charge is -2.10. The molecule has 0 unspecified atom stereocenters. The molecule has 0 saturated heterocycles. The molecule has 0 fully saturated rings. The maximum absolute atomic E-state index is 12.4. The van der Waals surface area contributed by atoms with Crippen molar-refractivity contribution in [1.29, 1.82) is 0 Å². The first-order valence-electron chi connectivity index (χ1n) is 7.43. The van der Waals surface area contributed by atoms with Crippen LogP contribution in [0.2, 0.25) is 0 Å². The lowest BCUT2D eigenvalue weighted by atomic mass is 10.3. The predicted octanol–water partition coefficient (Wildman–Crippen LogP) is 4.08. The minimum Gasteiger partial charge on any atom is -0.457 e. The van der Waals surface area contributed by atoms with Crippen LogP contribution < -0.4 is 14.9 Å². The Balaban J connectivity index is 1.76. The third kappa shape index (κ3) is 4.28. The summed E-state index contributed by atoms with van der Waals surface area (Å²) in [5.74, 6) is 1.21. The molecule has 3 rings (SSSR count). The van der Waals surface area contributed by atoms with E-state index in [-0.39, 0.29) is 4.90 Å². The molecule has 6 nitrogen and oxygen atoms in total. The van der Waals surface area contributed by atoms with Gasteiger partial charge in [0.25, 0.3) is 10.0 Å². The van der Waals surface area contributed by atoms with E-state index in [4.69, 9.17) is 9.94 Å². The number of nitrogens with one attached hydrogen (secondary N) is 2. The van der Waals surface area contributed by atoms with E-state index in [1.165, 1.54) is 18.2 Å². The Morgan fingerprint density at radius 2 is 1.40 bits per heavy atom. The van der Waals surface area contributed by atoms with Crippen LogP contribution in [0.25, 0.3) is 0 Å². The van der Waals surface area contributed by atoms with Crippen LogP contribution in [0.3, 0.4) is 0 Å². The highest BCUT2D eigenvalue weighted by Crippen LogP contribution is 2.24. The molecule has 25 heavy (non-hydrogen) atoms. The molecule has 3 aromatic carbocycles. The van der Waals surface area contributed by atoms with Crippen LogP contribution in [0.15, 0.2) is 83.8 Å². The van der Waals surface area contributed by atoms with E-state index < -0.39 is 10.0 Å². The van der Waals surface area contributed by atoms with Gasteiger partial charge in [-0.3, -0.25) is 15.4 Å². The van der Waals surface area contributed by atoms with Gasteiger partial charge in [0.15, 0.2) is 0 Å². The summed E-state index contributed by atoms with van der Waals surface area (Å²) in [5.41, 5.74) is 2.69. The molecule has 0 atom stereocenters. The van der Waals surface area contributed by atoms with Crippen LogP contribution in [0.1, 0.15) is 0 Å². The molecule has 0 saturated carbocycles. The van der Waals surface area contributed by atoms with Gasteiger partial charge in [0.2, 0.25) is 0 Å². The van der Waals surface area contributed by atoms with Crippen molar-refractivity contribution in [2.75, 3.05) is 10.2 Å². The molecule has 7 heteroatoms. The standard InChI is InChI=1S/C18H16N2O4S/c21-19-14-5-4-6-15(13-14)20-25(22,23)18-11-9-17(10-12-18)24-16-7-2-1-3-8-16/h1-13,19-21H. The van der Waals surface area contributed by atoms with E-state index in [1.54, 1.807) is 30.3 Å². The number of benzene rings is 3. The summed E-state index contributed by atoms with van der Waals surface area (Å²) in [7, 11) is -3.74. The zero-order valence-electron chi connectivity index (χ0n) is 13.1. The summed E-state index contributed by atoms with van der Waals surface area (Å²) in [4.78, 5) is 0.107. The van der Waals surface area contributed by atoms with Crippen molar-refractivity contribution in [1.82, 2.24) is 0 Å². The maximum Gasteiger partial charge on any atom is 0.261 e. The Bertz CT molecular complexity index is 942. The van der Waals surface area contributed by atoms with Crippen molar-refractivity contribution >= 4 is 21.4 Å². The van der Waals surface area contributed by atoms with Crippen LogP contribution in [-0.2, 0) is 10.0 Å². The van der Waals surface area contributed by atoms with Crippen molar-refractivity contribution in [2.45, 2.75) is 4.90 Å². The first-order valence-corrected chi connectivity index (χ1v) is 8.91. The average molecular weight is 356 g/mol. The third-order valence-corrected chi connectivity index (χ3v) is 4.75. The van der Waals surface area contributed by atoms with Gasteiger partial charge in [-0.2, -0.15) is 0 Å². The fraction of sp³-hybridized carbons (Fsp3) is 0. The normalized spacial score (nSPS) is 10.9. The van der Waals surface area contributed by atoms with Gasteiger partial charge >= 0.3 is 0 Å². The first-order chi connectivity index (χ1) is 12.1. The second kappa shape index (κ2) is 7.25. The molecule has 128 valence electrons. The molecule has 0 aliphatic rings. The van der Waals surface area contributed by atoms with E-state index in [0.29, 0.717) is 22.9 Å². The number of sulfonamides is 1. The van der Waals surface area contributed by atoms with Crippen molar-refractivity contribution < 1.29 is 18.4 Å². The molecule has 3 aromatic rings. The summed E-state index contributed by atoms with van der Waals surface area (Å²) in [6.07, 6.45) is 0. The van der Waals surface area contributed by atoms with Crippen LogP contribution >= 0.6 is 0 Å². The summed E-state index contributed by atoms with van der Waals surface area (Å²) >= 11 is 0. The number of hydrogen-bond acceptors (Lipinski definition) is 5. The number of para-hydroxylation sites is 1. The first kappa shape index (κ1) is 16.8. The smallest absolute Gasteiger partial charge is 0.261 e. The molecular formula is C18H16N2O4S. The van der Waals surface area contributed by atoms with Gasteiger partial charge in [-0.05, 0) is 54.6 Å². The molecular weight excluding hydrogens is 340 g/mol. The average Bonchev–Trinajstić information content (AvgIpc) is 2.63. The Morgan fingerprint density at radius 3 is 2.08 bits per heavy atom. The Labute approximate surface area is 145 Å². The molecule has 0 aliphatic heterocycles. The third-order valence-electron chi connectivity index (χ3n) is 3.36. The van der Waals surface area contributed by atoms with Gasteiger partial charge in [-0.1, -0.05) is 24.3 Å². The Morgan fingerprint density at radius 1 is 0.760 bits per heavy atom. The van der Waals surface area contributed by atoms with Gasteiger partial charge in [-0.15, -0.1) is 0 Å². The van der Waals surface area contributed by atoms with E-state index in [1.807, 2.05) is 35.8 Å². The molecule has 0 amide bonds. The molecule has 0 aliphatic carbocycles. The SMILES string of the molecule is O=S(=O)(Nc1cccc(NO)c1)c1ccc(Oc2ccccc2)cc1. The highest BCUT2D eigenvalue weighted by Gasteiger charge is 2.14. The zero-order chi connectivity index (χ0) is 17.7. The molecule has 0 heterocycles. The van der Waals surface area contributed by atoms with E-state index in [0.717, 1.165) is 0 Å². The van der Waals surface area contributed by atoms with E-state index >= 15 is 0 Å². The van der Waals surface area contributed by atoms with Crippen LogP contribution in [0, 0.1) is 0 Å². The highest BCUT2D eigenvalue weighted by molar-refractivity contribution is 7.92. The van der Waals surface area contributed by atoms with E-state index in [9.17, 15) is 8.42 Å². The van der Waals surface area contributed by atoms with Crippen LogP contribution in [0.4, 0.5) is 11.4 Å². The second-order valence-electron chi connectivity index (χ2n) is 5.18. The minimum atomic E-state index is -3.74. The van der Waals surface area contributed by atoms with Gasteiger partial charge < -0.3 is 4.74 Å². The quantitative estimate of drug-likeness (QED) is 0.579. The largest absolute Gasteiger partial charge is 0.457 e. The number of hydrogen-bond donors (Lipinski definition) is 3. The topological polar surface area (TPSA) is 87.7 Å². The number of rotatable bonds is 6. The lowest BCUT2D eigenvalue weighted by Crippen LogP contribution is -2.12. The molecule has 0 bridgehead atoms. The van der Waals surface area contributed by atoms with E-state index in [2.05, 4.69) is 4.72 Å². The van der Waals surface area contributed by atoms with Gasteiger partial charge in [-0.25, -0.2) is 8.42 Å². The van der Waals surface area contributed by atoms with Gasteiger partial charge in [0.1, 0.15) is 11.5 Å². The van der Waals surface area contributed by atoms with Gasteiger partial charge in [0, 0.05) is 0 Å². The second-order valence-corrected chi connectivity index (χ2v) is 6.87. The highest BCUT2D eigenvalue weighted by atomic mass is 32.2. The number of ether oxygens (including phenoxy) is 1. The minimum absolute atomic E-state index is 0.107. The van der Waals surface area contributed by atoms with Crippen molar-refractivity contribution in [3.63, 3.8) is 0 Å². The number of anilines is 2. The fourth-order valence-electron chi connectivity index (χ4n) is 2.18. The molecule has 3 N–H and O–H groups in total. The summed E-state index contributed by atoms with van der Waals surface area (Å²) in [5, 5.41) is 8.89. The molecule has 0 spiro atoms. The lowest BCUT2D eigenvalue weighted by molar-refractivity contribution is 0.389. The van der Waals surface area contributed by atoms with Crippen molar-refractivity contribution in [2.24, 2.45) is 0 Å². The van der Waals surface area contributed by atoms with Crippen LogP contribution in [0.5, 0.6) is 11.5 Å². The summed E-state index contributed by atoms with van der Waals surface area (Å²) < 4.78 is 33.0. The van der Waals surface area contributed by atoms with Crippen molar-refractivity contribution in [3.8, 4) is 11.5 Å². The monoisotopic (exact) mass is 356 g/mol. The maximum atomic E-state index is 12.4. The Kier molecular flexibility index (Phi) is 4.87. The molecule has 0 aromatic heterocycles. The fourth-order valence-corrected chi connectivity index (χ4v) is 3.23. The summed E-state index contributed by atoms with van der Waals surface area (Å²) in [6.45, 7) is 0.